The molecule has 1 unspecified atom stereocenters. The molecule has 1 aliphatic heterocycles. The predicted octanol–water partition coefficient (Wildman–Crippen LogP) is 1.65. The van der Waals surface area contributed by atoms with Gasteiger partial charge in [0.25, 0.3) is 0 Å². The molecule has 16 heavy (non-hydrogen) atoms. The lowest BCUT2D eigenvalue weighted by atomic mass is 9.66. The van der Waals surface area contributed by atoms with Crippen LogP contribution in [0.1, 0.15) is 40.0 Å². The Morgan fingerprint density at radius 2 is 2.12 bits per heavy atom. The van der Waals surface area contributed by atoms with Crippen molar-refractivity contribution in [3.8, 4) is 0 Å². The van der Waals surface area contributed by atoms with Gasteiger partial charge in [0.05, 0.1) is 6.04 Å². The first-order chi connectivity index (χ1) is 7.41. The Balaban J connectivity index is 1.87. The van der Waals surface area contributed by atoms with Gasteiger partial charge in [-0.1, -0.05) is 6.42 Å². The van der Waals surface area contributed by atoms with Crippen molar-refractivity contribution in [3.63, 3.8) is 0 Å². The number of alkyl carbamates (subject to hydrolysis) is 1. The molecule has 0 aromatic heterocycles. The summed E-state index contributed by atoms with van der Waals surface area (Å²) in [5, 5.41) is 6.37. The number of carbonyl (C=O) groups excluding carboxylic acids is 1. The zero-order valence-corrected chi connectivity index (χ0v) is 10.4. The highest BCUT2D eigenvalue weighted by atomic mass is 16.6. The van der Waals surface area contributed by atoms with E-state index < -0.39 is 5.60 Å². The Bertz CT molecular complexity index is 279. The van der Waals surface area contributed by atoms with E-state index in [1.165, 1.54) is 19.3 Å². The zero-order valence-electron chi connectivity index (χ0n) is 10.4. The lowest BCUT2D eigenvalue weighted by Gasteiger charge is -2.42. The summed E-state index contributed by atoms with van der Waals surface area (Å²) in [7, 11) is 0. The van der Waals surface area contributed by atoms with Gasteiger partial charge in [0.15, 0.2) is 0 Å². The molecule has 1 saturated carbocycles. The number of hydrogen-bond donors (Lipinski definition) is 2. The van der Waals surface area contributed by atoms with Crippen molar-refractivity contribution in [2.75, 3.05) is 13.1 Å². The van der Waals surface area contributed by atoms with Crippen LogP contribution in [-0.2, 0) is 4.74 Å². The molecule has 1 amide bonds. The quantitative estimate of drug-likeness (QED) is 0.715. The maximum atomic E-state index is 11.7. The second-order valence-corrected chi connectivity index (χ2v) is 6.05. The number of rotatable bonds is 1. The fourth-order valence-electron chi connectivity index (χ4n) is 2.62. The van der Waals surface area contributed by atoms with E-state index in [-0.39, 0.29) is 12.1 Å². The van der Waals surface area contributed by atoms with Gasteiger partial charge in [-0.2, -0.15) is 0 Å². The molecule has 2 N–H and O–H groups in total. The lowest BCUT2D eigenvalue weighted by Crippen LogP contribution is -2.51. The maximum Gasteiger partial charge on any atom is 0.407 e. The molecule has 92 valence electrons. The Hall–Kier alpha value is -0.770. The van der Waals surface area contributed by atoms with Crippen LogP contribution in [0.25, 0.3) is 0 Å². The van der Waals surface area contributed by atoms with Crippen molar-refractivity contribution < 1.29 is 9.53 Å². The summed E-state index contributed by atoms with van der Waals surface area (Å²) in [6.07, 6.45) is 3.45. The van der Waals surface area contributed by atoms with Gasteiger partial charge in [0.1, 0.15) is 5.60 Å². The molecular formula is C12H22N2O2. The van der Waals surface area contributed by atoms with E-state index in [0.717, 1.165) is 13.1 Å². The van der Waals surface area contributed by atoms with Gasteiger partial charge < -0.3 is 15.4 Å². The summed E-state index contributed by atoms with van der Waals surface area (Å²) in [5.74, 6) is 0. The monoisotopic (exact) mass is 226 g/mol. The molecule has 0 aromatic rings. The van der Waals surface area contributed by atoms with Crippen LogP contribution in [-0.4, -0.2) is 30.8 Å². The highest BCUT2D eigenvalue weighted by Crippen LogP contribution is 2.45. The third-order valence-electron chi connectivity index (χ3n) is 3.61. The average molecular weight is 226 g/mol. The SMILES string of the molecule is CC(C)(C)OC(=O)NC1CNCC12CCC2. The second-order valence-electron chi connectivity index (χ2n) is 6.05. The molecule has 1 spiro atoms. The highest BCUT2D eigenvalue weighted by molar-refractivity contribution is 5.68. The minimum absolute atomic E-state index is 0.246. The largest absolute Gasteiger partial charge is 0.444 e. The first-order valence-electron chi connectivity index (χ1n) is 6.12. The Kier molecular flexibility index (Phi) is 2.86. The molecule has 2 rings (SSSR count). The predicted molar refractivity (Wildman–Crippen MR) is 62.3 cm³/mol. The van der Waals surface area contributed by atoms with Gasteiger partial charge in [0, 0.05) is 18.5 Å². The smallest absolute Gasteiger partial charge is 0.407 e. The summed E-state index contributed by atoms with van der Waals surface area (Å²) >= 11 is 0. The van der Waals surface area contributed by atoms with E-state index >= 15 is 0 Å². The van der Waals surface area contributed by atoms with Gasteiger partial charge in [-0.15, -0.1) is 0 Å². The molecule has 2 aliphatic rings. The Labute approximate surface area is 97.1 Å². The van der Waals surface area contributed by atoms with E-state index in [2.05, 4.69) is 10.6 Å². The van der Waals surface area contributed by atoms with Crippen LogP contribution >= 0.6 is 0 Å². The van der Waals surface area contributed by atoms with Crippen LogP contribution in [0.3, 0.4) is 0 Å². The van der Waals surface area contributed by atoms with E-state index in [4.69, 9.17) is 4.74 Å². The highest BCUT2D eigenvalue weighted by Gasteiger charge is 2.48. The van der Waals surface area contributed by atoms with Crippen molar-refractivity contribution in [2.45, 2.75) is 51.7 Å². The topological polar surface area (TPSA) is 50.4 Å². The van der Waals surface area contributed by atoms with Gasteiger partial charge in [0.2, 0.25) is 0 Å². The Morgan fingerprint density at radius 3 is 2.62 bits per heavy atom. The number of nitrogens with one attached hydrogen (secondary N) is 2. The van der Waals surface area contributed by atoms with Crippen LogP contribution in [0, 0.1) is 5.41 Å². The molecule has 0 aromatic carbocycles. The molecule has 1 heterocycles. The van der Waals surface area contributed by atoms with Crippen molar-refractivity contribution in [3.05, 3.63) is 0 Å². The minimum atomic E-state index is -0.414. The number of ether oxygens (including phenoxy) is 1. The molecule has 1 aliphatic carbocycles. The number of hydrogen-bond acceptors (Lipinski definition) is 3. The van der Waals surface area contributed by atoms with Crippen LogP contribution in [0.15, 0.2) is 0 Å². The third-order valence-corrected chi connectivity index (χ3v) is 3.61. The average Bonchev–Trinajstić information content (AvgIpc) is 2.42. The molecule has 4 heteroatoms. The first-order valence-corrected chi connectivity index (χ1v) is 6.12. The van der Waals surface area contributed by atoms with Crippen molar-refractivity contribution in [1.29, 1.82) is 0 Å². The summed E-state index contributed by atoms with van der Waals surface area (Å²) in [5.41, 5.74) is -0.0974. The van der Waals surface area contributed by atoms with E-state index in [9.17, 15) is 4.79 Å². The van der Waals surface area contributed by atoms with E-state index in [0.29, 0.717) is 5.41 Å². The van der Waals surface area contributed by atoms with Gasteiger partial charge in [-0.25, -0.2) is 4.79 Å². The van der Waals surface area contributed by atoms with Gasteiger partial charge in [-0.05, 0) is 33.6 Å². The van der Waals surface area contributed by atoms with Gasteiger partial charge in [-0.3, -0.25) is 0 Å². The molecule has 1 atom stereocenters. The van der Waals surface area contributed by atoms with E-state index in [1.54, 1.807) is 0 Å². The fraction of sp³-hybridized carbons (Fsp3) is 0.917. The Morgan fingerprint density at radius 1 is 1.44 bits per heavy atom. The summed E-state index contributed by atoms with van der Waals surface area (Å²) in [4.78, 5) is 11.7. The summed E-state index contributed by atoms with van der Waals surface area (Å²) < 4.78 is 5.28. The van der Waals surface area contributed by atoms with Crippen LogP contribution < -0.4 is 10.6 Å². The standard InChI is InChI=1S/C12H22N2O2/c1-11(2,3)16-10(15)14-9-7-13-8-12(9)5-4-6-12/h9,13H,4-8H2,1-3H3,(H,14,15). The van der Waals surface area contributed by atoms with Crippen molar-refractivity contribution in [1.82, 2.24) is 10.6 Å². The second kappa shape index (κ2) is 3.91. The molecule has 1 saturated heterocycles. The number of carbonyl (C=O) groups is 1. The molecule has 0 bridgehead atoms. The molecule has 0 radical (unpaired) electrons. The van der Waals surface area contributed by atoms with Crippen LogP contribution in [0.4, 0.5) is 4.79 Å². The first kappa shape index (κ1) is 11.7. The van der Waals surface area contributed by atoms with Crippen molar-refractivity contribution in [2.24, 2.45) is 5.41 Å². The van der Waals surface area contributed by atoms with Crippen molar-refractivity contribution >= 4 is 6.09 Å². The third kappa shape index (κ3) is 2.32. The maximum absolute atomic E-state index is 11.7. The fourth-order valence-corrected chi connectivity index (χ4v) is 2.62. The normalized spacial score (nSPS) is 27.6. The van der Waals surface area contributed by atoms with Gasteiger partial charge >= 0.3 is 6.09 Å². The van der Waals surface area contributed by atoms with Crippen LogP contribution in [0.2, 0.25) is 0 Å². The number of amides is 1. The summed E-state index contributed by atoms with van der Waals surface area (Å²) in [6.45, 7) is 7.57. The zero-order chi connectivity index (χ0) is 11.8. The van der Waals surface area contributed by atoms with Crippen LogP contribution in [0.5, 0.6) is 0 Å². The molecular weight excluding hydrogens is 204 g/mol. The van der Waals surface area contributed by atoms with E-state index in [1.807, 2.05) is 20.8 Å². The molecule has 2 fully saturated rings. The summed E-state index contributed by atoms with van der Waals surface area (Å²) in [6, 6.07) is 0.246. The minimum Gasteiger partial charge on any atom is -0.444 e. The molecule has 4 nitrogen and oxygen atoms in total. The lowest BCUT2D eigenvalue weighted by molar-refractivity contribution is 0.0406.